The third-order valence-electron chi connectivity index (χ3n) is 3.06. The number of urea groups is 1. The molecule has 0 atom stereocenters. The van der Waals surface area contributed by atoms with E-state index in [-0.39, 0.29) is 17.1 Å². The number of anilines is 1. The Balaban J connectivity index is 2.78. The lowest BCUT2D eigenvalue weighted by atomic mass is 10.0. The fraction of sp³-hybridized carbons (Fsp3) is 0.429. The highest BCUT2D eigenvalue weighted by Gasteiger charge is 2.18. The van der Waals surface area contributed by atoms with Crippen molar-refractivity contribution in [2.45, 2.75) is 39.7 Å². The summed E-state index contributed by atoms with van der Waals surface area (Å²) in [5.41, 5.74) is 1.25. The van der Waals surface area contributed by atoms with E-state index in [1.54, 1.807) is 13.0 Å². The minimum atomic E-state index is -0.980. The van der Waals surface area contributed by atoms with E-state index in [1.165, 1.54) is 12.1 Å². The van der Waals surface area contributed by atoms with Crippen LogP contribution in [0.25, 0.3) is 0 Å². The van der Waals surface area contributed by atoms with E-state index in [2.05, 4.69) is 10.6 Å². The molecule has 0 unspecified atom stereocenters. The number of nitrogens with one attached hydrogen (secondary N) is 2. The molecule has 2 amide bonds. The third-order valence-corrected chi connectivity index (χ3v) is 3.06. The van der Waals surface area contributed by atoms with Crippen LogP contribution in [0.15, 0.2) is 18.2 Å². The molecular formula is C14H20N2O3. The molecule has 0 bridgehead atoms. The molecule has 104 valence electrons. The van der Waals surface area contributed by atoms with Crippen LogP contribution >= 0.6 is 0 Å². The molecule has 0 fully saturated rings. The molecule has 5 heteroatoms. The highest BCUT2D eigenvalue weighted by molar-refractivity contribution is 5.92. The summed E-state index contributed by atoms with van der Waals surface area (Å²) < 4.78 is 0. The first kappa shape index (κ1) is 15.0. The minimum absolute atomic E-state index is 0.206. The molecule has 0 saturated carbocycles. The zero-order chi connectivity index (χ0) is 14.6. The zero-order valence-electron chi connectivity index (χ0n) is 11.7. The maximum absolute atomic E-state index is 11.8. The molecule has 1 aromatic carbocycles. The summed E-state index contributed by atoms with van der Waals surface area (Å²) in [4.78, 5) is 22.6. The summed E-state index contributed by atoms with van der Waals surface area (Å²) in [6.07, 6.45) is 0.817. The van der Waals surface area contributed by atoms with Gasteiger partial charge in [0.15, 0.2) is 0 Å². The second-order valence-electron chi connectivity index (χ2n) is 5.15. The number of hydrogen-bond donors (Lipinski definition) is 3. The molecule has 3 N–H and O–H groups in total. The molecule has 0 aliphatic heterocycles. The standard InChI is InChI=1S/C14H20N2O3/c1-5-14(3,4)16-13(19)15-11-7-6-10(12(17)18)8-9(11)2/h6-8H,5H2,1-4H3,(H,17,18)(H2,15,16,19). The molecule has 0 saturated heterocycles. The second kappa shape index (κ2) is 5.73. The van der Waals surface area contributed by atoms with Gasteiger partial charge >= 0.3 is 12.0 Å². The van der Waals surface area contributed by atoms with Gasteiger partial charge in [0.2, 0.25) is 0 Å². The highest BCUT2D eigenvalue weighted by Crippen LogP contribution is 2.17. The number of carbonyl (C=O) groups is 2. The van der Waals surface area contributed by atoms with E-state index < -0.39 is 5.97 Å². The first-order valence-corrected chi connectivity index (χ1v) is 6.18. The van der Waals surface area contributed by atoms with Gasteiger partial charge in [-0.25, -0.2) is 9.59 Å². The molecule has 0 aromatic heterocycles. The van der Waals surface area contributed by atoms with E-state index in [4.69, 9.17) is 5.11 Å². The summed E-state index contributed by atoms with van der Waals surface area (Å²) in [5, 5.41) is 14.4. The van der Waals surface area contributed by atoms with Crippen LogP contribution < -0.4 is 10.6 Å². The summed E-state index contributed by atoms with van der Waals surface area (Å²) in [7, 11) is 0. The Bertz CT molecular complexity index is 495. The van der Waals surface area contributed by atoms with Crippen molar-refractivity contribution in [1.82, 2.24) is 5.32 Å². The Kier molecular flexibility index (Phi) is 4.53. The van der Waals surface area contributed by atoms with Gasteiger partial charge in [0.25, 0.3) is 0 Å². The predicted molar refractivity (Wildman–Crippen MR) is 74.7 cm³/mol. The summed E-state index contributed by atoms with van der Waals surface area (Å²) >= 11 is 0. The van der Waals surface area contributed by atoms with E-state index >= 15 is 0 Å². The molecule has 0 spiro atoms. The molecule has 0 radical (unpaired) electrons. The van der Waals surface area contributed by atoms with Crippen LogP contribution in [0.2, 0.25) is 0 Å². The van der Waals surface area contributed by atoms with Gasteiger partial charge in [-0.05, 0) is 51.0 Å². The maximum atomic E-state index is 11.8. The normalized spacial score (nSPS) is 10.9. The van der Waals surface area contributed by atoms with Gasteiger partial charge < -0.3 is 15.7 Å². The lowest BCUT2D eigenvalue weighted by Crippen LogP contribution is -2.45. The summed E-state index contributed by atoms with van der Waals surface area (Å²) in [6, 6.07) is 4.30. The highest BCUT2D eigenvalue weighted by atomic mass is 16.4. The number of aromatic carboxylic acids is 1. The first-order valence-electron chi connectivity index (χ1n) is 6.18. The van der Waals surface area contributed by atoms with Crippen molar-refractivity contribution in [3.05, 3.63) is 29.3 Å². The fourth-order valence-corrected chi connectivity index (χ4v) is 1.49. The van der Waals surface area contributed by atoms with Gasteiger partial charge in [0.1, 0.15) is 0 Å². The number of aryl methyl sites for hydroxylation is 1. The van der Waals surface area contributed by atoms with Crippen LogP contribution in [-0.2, 0) is 0 Å². The van der Waals surface area contributed by atoms with E-state index in [9.17, 15) is 9.59 Å². The quantitative estimate of drug-likeness (QED) is 0.782. The number of hydrogen-bond acceptors (Lipinski definition) is 2. The largest absolute Gasteiger partial charge is 0.478 e. The molecule has 1 rings (SSSR count). The van der Waals surface area contributed by atoms with Crippen LogP contribution in [0.5, 0.6) is 0 Å². The van der Waals surface area contributed by atoms with E-state index in [0.29, 0.717) is 11.3 Å². The number of benzene rings is 1. The molecular weight excluding hydrogens is 244 g/mol. The van der Waals surface area contributed by atoms with Gasteiger partial charge in [0.05, 0.1) is 5.56 Å². The van der Waals surface area contributed by atoms with Gasteiger partial charge in [-0.1, -0.05) is 6.92 Å². The number of carboxylic acid groups (broad SMARTS) is 1. The monoisotopic (exact) mass is 264 g/mol. The van der Waals surface area contributed by atoms with Crippen molar-refractivity contribution < 1.29 is 14.7 Å². The Labute approximate surface area is 113 Å². The first-order chi connectivity index (χ1) is 8.75. The lowest BCUT2D eigenvalue weighted by molar-refractivity contribution is 0.0697. The number of rotatable bonds is 4. The van der Waals surface area contributed by atoms with Gasteiger partial charge in [-0.15, -0.1) is 0 Å². The number of carbonyl (C=O) groups excluding carboxylic acids is 1. The van der Waals surface area contributed by atoms with Gasteiger partial charge in [-0.2, -0.15) is 0 Å². The van der Waals surface area contributed by atoms with Crippen molar-refractivity contribution in [1.29, 1.82) is 0 Å². The summed E-state index contributed by atoms with van der Waals surface area (Å²) in [6.45, 7) is 7.63. The van der Waals surface area contributed by atoms with Gasteiger partial charge in [0, 0.05) is 11.2 Å². The van der Waals surface area contributed by atoms with Crippen LogP contribution in [0, 0.1) is 6.92 Å². The Morgan fingerprint density at radius 1 is 1.32 bits per heavy atom. The maximum Gasteiger partial charge on any atom is 0.335 e. The smallest absolute Gasteiger partial charge is 0.335 e. The van der Waals surface area contributed by atoms with Crippen LogP contribution in [0.1, 0.15) is 43.1 Å². The molecule has 1 aromatic rings. The van der Waals surface area contributed by atoms with Crippen molar-refractivity contribution in [2.75, 3.05) is 5.32 Å². The Morgan fingerprint density at radius 2 is 1.95 bits per heavy atom. The number of carboxylic acids is 1. The lowest BCUT2D eigenvalue weighted by Gasteiger charge is -2.24. The Hall–Kier alpha value is -2.04. The van der Waals surface area contributed by atoms with E-state index in [1.807, 2.05) is 20.8 Å². The van der Waals surface area contributed by atoms with Crippen molar-refractivity contribution in [3.63, 3.8) is 0 Å². The number of amides is 2. The molecule has 0 heterocycles. The predicted octanol–water partition coefficient (Wildman–Crippen LogP) is 3.00. The zero-order valence-corrected chi connectivity index (χ0v) is 11.7. The van der Waals surface area contributed by atoms with Crippen molar-refractivity contribution in [2.24, 2.45) is 0 Å². The average Bonchev–Trinajstić information content (AvgIpc) is 2.30. The average molecular weight is 264 g/mol. The SMILES string of the molecule is CCC(C)(C)NC(=O)Nc1ccc(C(=O)O)cc1C. The van der Waals surface area contributed by atoms with Crippen LogP contribution in [0.3, 0.4) is 0 Å². The molecule has 5 nitrogen and oxygen atoms in total. The molecule has 0 aliphatic rings. The van der Waals surface area contributed by atoms with Gasteiger partial charge in [-0.3, -0.25) is 0 Å². The second-order valence-corrected chi connectivity index (χ2v) is 5.15. The Morgan fingerprint density at radius 3 is 2.42 bits per heavy atom. The van der Waals surface area contributed by atoms with Crippen molar-refractivity contribution >= 4 is 17.7 Å². The van der Waals surface area contributed by atoms with E-state index in [0.717, 1.165) is 6.42 Å². The molecule has 19 heavy (non-hydrogen) atoms. The molecule has 0 aliphatic carbocycles. The van der Waals surface area contributed by atoms with Crippen LogP contribution in [0.4, 0.5) is 10.5 Å². The minimum Gasteiger partial charge on any atom is -0.478 e. The van der Waals surface area contributed by atoms with Crippen molar-refractivity contribution in [3.8, 4) is 0 Å². The third kappa shape index (κ3) is 4.28. The summed E-state index contributed by atoms with van der Waals surface area (Å²) in [5.74, 6) is -0.980. The topological polar surface area (TPSA) is 78.4 Å². The van der Waals surface area contributed by atoms with Crippen LogP contribution in [-0.4, -0.2) is 22.6 Å². The fourth-order valence-electron chi connectivity index (χ4n) is 1.49.